The molecule has 1 N–H and O–H groups in total. The normalized spacial score (nSPS) is 14.8. The number of hydrogen-bond donors (Lipinski definition) is 1. The lowest BCUT2D eigenvalue weighted by atomic mass is 10.1. The highest BCUT2D eigenvalue weighted by molar-refractivity contribution is 6.30. The molecule has 1 unspecified atom stereocenters. The van der Waals surface area contributed by atoms with Crippen LogP contribution in [-0.2, 0) is 16.1 Å². The van der Waals surface area contributed by atoms with Crippen LogP contribution in [-0.4, -0.2) is 35.4 Å². The fourth-order valence-corrected chi connectivity index (χ4v) is 4.20. The van der Waals surface area contributed by atoms with Crippen molar-refractivity contribution < 1.29 is 14.3 Å². The fourth-order valence-electron chi connectivity index (χ4n) is 3.99. The van der Waals surface area contributed by atoms with Crippen molar-refractivity contribution in [3.63, 3.8) is 0 Å². The van der Waals surface area contributed by atoms with Gasteiger partial charge in [-0.2, -0.15) is 0 Å². The zero-order valence-corrected chi connectivity index (χ0v) is 19.2. The highest BCUT2D eigenvalue weighted by Crippen LogP contribution is 2.21. The number of benzene rings is 2. The quantitative estimate of drug-likeness (QED) is 0.638. The molecule has 0 spiro atoms. The average molecular weight is 443 g/mol. The lowest BCUT2D eigenvalue weighted by Crippen LogP contribution is -2.50. The molecule has 1 aliphatic rings. The number of rotatable bonds is 8. The van der Waals surface area contributed by atoms with Gasteiger partial charge in [-0.05, 0) is 62.9 Å². The maximum absolute atomic E-state index is 13.2. The molecule has 1 atom stereocenters. The van der Waals surface area contributed by atoms with E-state index < -0.39 is 6.04 Å². The van der Waals surface area contributed by atoms with Gasteiger partial charge in [0.05, 0.1) is 0 Å². The van der Waals surface area contributed by atoms with E-state index in [0.717, 1.165) is 42.4 Å². The molecule has 6 heteroatoms. The summed E-state index contributed by atoms with van der Waals surface area (Å²) in [5, 5.41) is 3.70. The first kappa shape index (κ1) is 23.1. The second kappa shape index (κ2) is 10.7. The van der Waals surface area contributed by atoms with Crippen molar-refractivity contribution in [3.8, 4) is 5.75 Å². The third kappa shape index (κ3) is 6.47. The van der Waals surface area contributed by atoms with Crippen LogP contribution in [0.25, 0.3) is 0 Å². The Kier molecular flexibility index (Phi) is 7.97. The van der Waals surface area contributed by atoms with Crippen LogP contribution < -0.4 is 10.1 Å². The summed E-state index contributed by atoms with van der Waals surface area (Å²) in [6.45, 7) is 5.89. The summed E-state index contributed by atoms with van der Waals surface area (Å²) in [6, 6.07) is 12.8. The lowest BCUT2D eigenvalue weighted by Gasteiger charge is -2.29. The van der Waals surface area contributed by atoms with Crippen molar-refractivity contribution in [3.05, 3.63) is 64.2 Å². The van der Waals surface area contributed by atoms with Crippen LogP contribution in [0.3, 0.4) is 0 Å². The average Bonchev–Trinajstić information content (AvgIpc) is 3.23. The smallest absolute Gasteiger partial charge is 0.261 e. The van der Waals surface area contributed by atoms with E-state index in [1.54, 1.807) is 17.9 Å². The van der Waals surface area contributed by atoms with Gasteiger partial charge in [0.1, 0.15) is 11.8 Å². The van der Waals surface area contributed by atoms with Crippen LogP contribution in [0.2, 0.25) is 5.02 Å². The number of amides is 2. The molecular formula is C25H31ClN2O3. The minimum absolute atomic E-state index is 0.131. The molecule has 2 amide bonds. The fraction of sp³-hybridized carbons (Fsp3) is 0.440. The molecule has 0 radical (unpaired) electrons. The topological polar surface area (TPSA) is 58.6 Å². The second-order valence-corrected chi connectivity index (χ2v) is 8.81. The molecule has 1 fully saturated rings. The highest BCUT2D eigenvalue weighted by atomic mass is 35.5. The predicted molar refractivity (Wildman–Crippen MR) is 123 cm³/mol. The molecule has 0 aromatic heterocycles. The molecule has 0 bridgehead atoms. The van der Waals surface area contributed by atoms with Gasteiger partial charge in [0.15, 0.2) is 6.61 Å². The number of nitrogens with one attached hydrogen (secondary N) is 1. The Bertz CT molecular complexity index is 925. The third-order valence-electron chi connectivity index (χ3n) is 5.79. The van der Waals surface area contributed by atoms with Gasteiger partial charge in [-0.15, -0.1) is 0 Å². The van der Waals surface area contributed by atoms with Crippen molar-refractivity contribution in [2.45, 2.75) is 65.1 Å². The molecule has 0 heterocycles. The summed E-state index contributed by atoms with van der Waals surface area (Å²) < 4.78 is 5.81. The molecule has 2 aromatic carbocycles. The van der Waals surface area contributed by atoms with Gasteiger partial charge >= 0.3 is 0 Å². The van der Waals surface area contributed by atoms with E-state index in [2.05, 4.69) is 5.32 Å². The minimum atomic E-state index is -0.616. The van der Waals surface area contributed by atoms with Crippen molar-refractivity contribution in [1.29, 1.82) is 0 Å². The van der Waals surface area contributed by atoms with Gasteiger partial charge in [-0.25, -0.2) is 0 Å². The van der Waals surface area contributed by atoms with E-state index in [0.29, 0.717) is 10.8 Å². The molecule has 5 nitrogen and oxygen atoms in total. The van der Waals surface area contributed by atoms with E-state index in [4.69, 9.17) is 16.3 Å². The van der Waals surface area contributed by atoms with Crippen molar-refractivity contribution in [1.82, 2.24) is 10.2 Å². The number of aryl methyl sites for hydroxylation is 2. The number of carbonyl (C=O) groups excluding carboxylic acids is 2. The molecule has 1 saturated carbocycles. The van der Waals surface area contributed by atoms with Gasteiger partial charge in [-0.1, -0.05) is 54.3 Å². The van der Waals surface area contributed by atoms with E-state index in [1.807, 2.05) is 50.2 Å². The van der Waals surface area contributed by atoms with Crippen molar-refractivity contribution >= 4 is 23.4 Å². The van der Waals surface area contributed by atoms with Gasteiger partial charge < -0.3 is 15.0 Å². The van der Waals surface area contributed by atoms with Crippen LogP contribution >= 0.6 is 11.6 Å². The SMILES string of the molecule is Cc1ccc(OCC(=O)N(Cc2cccc(Cl)c2)C(C)C(=O)NC2CCCC2)c(C)c1. The Morgan fingerprint density at radius 3 is 2.58 bits per heavy atom. The number of halogens is 1. The Balaban J connectivity index is 1.73. The maximum Gasteiger partial charge on any atom is 0.261 e. The van der Waals surface area contributed by atoms with Gasteiger partial charge in [0, 0.05) is 17.6 Å². The maximum atomic E-state index is 13.2. The standard InChI is InChI=1S/C25H31ClN2O3/c1-17-11-12-23(18(2)13-17)31-16-24(29)28(15-20-7-6-8-21(26)14-20)19(3)25(30)27-22-9-4-5-10-22/h6-8,11-14,19,22H,4-5,9-10,15-16H2,1-3H3,(H,27,30). The summed E-state index contributed by atoms with van der Waals surface area (Å²) in [4.78, 5) is 27.6. The molecular weight excluding hydrogens is 412 g/mol. The first-order valence-electron chi connectivity index (χ1n) is 10.9. The summed E-state index contributed by atoms with van der Waals surface area (Å²) >= 11 is 6.13. The van der Waals surface area contributed by atoms with E-state index >= 15 is 0 Å². The van der Waals surface area contributed by atoms with Crippen LogP contribution in [0.1, 0.15) is 49.3 Å². The van der Waals surface area contributed by atoms with Gasteiger partial charge in [0.2, 0.25) is 5.91 Å². The minimum Gasteiger partial charge on any atom is -0.483 e. The predicted octanol–water partition coefficient (Wildman–Crippen LogP) is 4.81. The second-order valence-electron chi connectivity index (χ2n) is 8.38. The third-order valence-corrected chi connectivity index (χ3v) is 6.03. The molecule has 0 saturated heterocycles. The van der Waals surface area contributed by atoms with E-state index in [1.165, 1.54) is 0 Å². The first-order valence-corrected chi connectivity index (χ1v) is 11.3. The number of hydrogen-bond acceptors (Lipinski definition) is 3. The molecule has 166 valence electrons. The summed E-state index contributed by atoms with van der Waals surface area (Å²) in [7, 11) is 0. The van der Waals surface area contributed by atoms with Crippen LogP contribution in [0, 0.1) is 13.8 Å². The van der Waals surface area contributed by atoms with Gasteiger partial charge in [0.25, 0.3) is 5.91 Å². The summed E-state index contributed by atoms with van der Waals surface area (Å²) in [5.41, 5.74) is 2.98. The van der Waals surface area contributed by atoms with Crippen LogP contribution in [0.5, 0.6) is 5.75 Å². The van der Waals surface area contributed by atoms with Crippen LogP contribution in [0.4, 0.5) is 0 Å². The Morgan fingerprint density at radius 1 is 1.16 bits per heavy atom. The Morgan fingerprint density at radius 2 is 1.90 bits per heavy atom. The lowest BCUT2D eigenvalue weighted by molar-refractivity contribution is -0.142. The number of ether oxygens (including phenoxy) is 1. The molecule has 3 rings (SSSR count). The zero-order chi connectivity index (χ0) is 22.4. The van der Waals surface area contributed by atoms with E-state index in [-0.39, 0.29) is 31.0 Å². The molecule has 31 heavy (non-hydrogen) atoms. The summed E-state index contributed by atoms with van der Waals surface area (Å²) in [5.74, 6) is 0.299. The highest BCUT2D eigenvalue weighted by Gasteiger charge is 2.28. The van der Waals surface area contributed by atoms with Crippen molar-refractivity contribution in [2.24, 2.45) is 0 Å². The summed E-state index contributed by atoms with van der Waals surface area (Å²) in [6.07, 6.45) is 4.26. The number of nitrogens with zero attached hydrogens (tertiary/aromatic N) is 1. The van der Waals surface area contributed by atoms with Crippen LogP contribution in [0.15, 0.2) is 42.5 Å². The first-order chi connectivity index (χ1) is 14.8. The molecule has 1 aliphatic carbocycles. The molecule has 0 aliphatic heterocycles. The Hall–Kier alpha value is -2.53. The zero-order valence-electron chi connectivity index (χ0n) is 18.5. The Labute approximate surface area is 189 Å². The monoisotopic (exact) mass is 442 g/mol. The van der Waals surface area contributed by atoms with Gasteiger partial charge in [-0.3, -0.25) is 9.59 Å². The van der Waals surface area contributed by atoms with Crippen molar-refractivity contribution in [2.75, 3.05) is 6.61 Å². The van der Waals surface area contributed by atoms with E-state index in [9.17, 15) is 9.59 Å². The largest absolute Gasteiger partial charge is 0.483 e. The molecule has 2 aromatic rings. The number of carbonyl (C=O) groups is 2.